The molecule has 4 heterocycles. The van der Waals surface area contributed by atoms with Crippen LogP contribution in [0.4, 0.5) is 11.8 Å². The SMILES string of the molecule is COc1ccc(S(=O)(=O)N2CCCC(N3CCCCC(Nc4nccc(N5CCCCCC5)n4)C3)C2)cc1. The van der Waals surface area contributed by atoms with Crippen LogP contribution in [0.3, 0.4) is 0 Å². The number of hydrogen-bond donors (Lipinski definition) is 1. The molecule has 2 aromatic rings. The molecule has 0 spiro atoms. The first kappa shape index (κ1) is 27.1. The minimum atomic E-state index is -3.54. The number of anilines is 2. The van der Waals surface area contributed by atoms with Crippen LogP contribution in [0.2, 0.25) is 0 Å². The van der Waals surface area contributed by atoms with E-state index in [9.17, 15) is 8.42 Å². The van der Waals surface area contributed by atoms with Gasteiger partial charge in [0.25, 0.3) is 0 Å². The number of likely N-dealkylation sites (tertiary alicyclic amines) is 1. The molecule has 5 rings (SSSR count). The van der Waals surface area contributed by atoms with Crippen LogP contribution in [0.1, 0.15) is 57.8 Å². The third-order valence-electron chi connectivity index (χ3n) is 8.18. The lowest BCUT2D eigenvalue weighted by Crippen LogP contribution is -2.51. The number of hydrogen-bond acceptors (Lipinski definition) is 8. The van der Waals surface area contributed by atoms with Crippen LogP contribution < -0.4 is 15.0 Å². The van der Waals surface area contributed by atoms with Crippen LogP contribution in [0.15, 0.2) is 41.4 Å². The van der Waals surface area contributed by atoms with Crippen LogP contribution in [0, 0.1) is 0 Å². The Balaban J connectivity index is 1.23. The molecule has 0 aliphatic carbocycles. The topological polar surface area (TPSA) is 90.9 Å². The molecule has 0 bridgehead atoms. The summed E-state index contributed by atoms with van der Waals surface area (Å²) >= 11 is 0. The van der Waals surface area contributed by atoms with E-state index in [1.807, 2.05) is 12.3 Å². The predicted molar refractivity (Wildman–Crippen MR) is 150 cm³/mol. The van der Waals surface area contributed by atoms with Gasteiger partial charge in [0.1, 0.15) is 11.6 Å². The molecule has 38 heavy (non-hydrogen) atoms. The third-order valence-corrected chi connectivity index (χ3v) is 10.1. The Morgan fingerprint density at radius 2 is 1.63 bits per heavy atom. The van der Waals surface area contributed by atoms with Gasteiger partial charge in [-0.15, -0.1) is 0 Å². The minimum Gasteiger partial charge on any atom is -0.497 e. The van der Waals surface area contributed by atoms with Gasteiger partial charge in [0.15, 0.2) is 0 Å². The summed E-state index contributed by atoms with van der Waals surface area (Å²) in [7, 11) is -1.95. The summed E-state index contributed by atoms with van der Waals surface area (Å²) in [5, 5.41) is 3.63. The van der Waals surface area contributed by atoms with Gasteiger partial charge in [0.2, 0.25) is 16.0 Å². The van der Waals surface area contributed by atoms with E-state index in [4.69, 9.17) is 9.72 Å². The van der Waals surface area contributed by atoms with Gasteiger partial charge in [0.05, 0.1) is 12.0 Å². The van der Waals surface area contributed by atoms with Crippen molar-refractivity contribution < 1.29 is 13.2 Å². The lowest BCUT2D eigenvalue weighted by molar-refractivity contribution is 0.136. The number of rotatable bonds is 7. The van der Waals surface area contributed by atoms with Crippen molar-refractivity contribution in [2.24, 2.45) is 0 Å². The molecule has 3 saturated heterocycles. The molecule has 0 saturated carbocycles. The second-order valence-electron chi connectivity index (χ2n) is 10.8. The van der Waals surface area contributed by atoms with Crippen molar-refractivity contribution >= 4 is 21.8 Å². The van der Waals surface area contributed by atoms with Crippen LogP contribution in [0.5, 0.6) is 5.75 Å². The number of sulfonamides is 1. The number of piperidine rings is 1. The maximum atomic E-state index is 13.4. The first-order chi connectivity index (χ1) is 18.5. The van der Waals surface area contributed by atoms with Gasteiger partial charge >= 0.3 is 0 Å². The molecule has 1 aromatic heterocycles. The van der Waals surface area contributed by atoms with Crippen LogP contribution in [-0.4, -0.2) is 86.1 Å². The summed E-state index contributed by atoms with van der Waals surface area (Å²) in [5.74, 6) is 2.37. The Bertz CT molecular complexity index is 1140. The number of ether oxygens (including phenoxy) is 1. The van der Waals surface area contributed by atoms with Gasteiger partial charge in [-0.1, -0.05) is 19.3 Å². The molecule has 3 fully saturated rings. The molecule has 10 heteroatoms. The Labute approximate surface area is 227 Å². The van der Waals surface area contributed by atoms with Crippen LogP contribution >= 0.6 is 0 Å². The average molecular weight is 543 g/mol. The van der Waals surface area contributed by atoms with Crippen LogP contribution in [0.25, 0.3) is 0 Å². The van der Waals surface area contributed by atoms with Gasteiger partial charge in [-0.3, -0.25) is 4.90 Å². The highest BCUT2D eigenvalue weighted by atomic mass is 32.2. The minimum absolute atomic E-state index is 0.212. The molecule has 3 aliphatic heterocycles. The molecule has 3 aliphatic rings. The molecule has 2 unspecified atom stereocenters. The molecule has 208 valence electrons. The van der Waals surface area contributed by atoms with Crippen molar-refractivity contribution in [1.82, 2.24) is 19.2 Å². The summed E-state index contributed by atoms with van der Waals surface area (Å²) in [6, 6.07) is 9.18. The number of nitrogens with one attached hydrogen (secondary N) is 1. The zero-order chi connectivity index (χ0) is 26.4. The maximum absolute atomic E-state index is 13.4. The molecular weight excluding hydrogens is 500 g/mol. The highest BCUT2D eigenvalue weighted by Crippen LogP contribution is 2.27. The van der Waals surface area contributed by atoms with E-state index >= 15 is 0 Å². The quantitative estimate of drug-likeness (QED) is 0.562. The maximum Gasteiger partial charge on any atom is 0.243 e. The Hall–Kier alpha value is -2.43. The first-order valence-corrected chi connectivity index (χ1v) is 15.7. The van der Waals surface area contributed by atoms with Gasteiger partial charge in [-0.25, -0.2) is 13.4 Å². The Morgan fingerprint density at radius 1 is 0.868 bits per heavy atom. The second kappa shape index (κ2) is 12.6. The van der Waals surface area contributed by atoms with Gasteiger partial charge < -0.3 is 15.0 Å². The zero-order valence-corrected chi connectivity index (χ0v) is 23.4. The van der Waals surface area contributed by atoms with E-state index in [1.165, 1.54) is 25.7 Å². The van der Waals surface area contributed by atoms with Crippen molar-refractivity contribution in [2.75, 3.05) is 56.6 Å². The van der Waals surface area contributed by atoms with Crippen molar-refractivity contribution in [3.8, 4) is 5.75 Å². The van der Waals surface area contributed by atoms with E-state index in [1.54, 1.807) is 35.7 Å². The zero-order valence-electron chi connectivity index (χ0n) is 22.6. The summed E-state index contributed by atoms with van der Waals surface area (Å²) in [6.45, 7) is 5.09. The average Bonchev–Trinajstić information content (AvgIpc) is 3.37. The fourth-order valence-electron chi connectivity index (χ4n) is 6.03. The lowest BCUT2D eigenvalue weighted by Gasteiger charge is -2.39. The molecule has 9 nitrogen and oxygen atoms in total. The smallest absolute Gasteiger partial charge is 0.243 e. The fourth-order valence-corrected chi connectivity index (χ4v) is 7.55. The lowest BCUT2D eigenvalue weighted by atomic mass is 10.1. The third kappa shape index (κ3) is 6.58. The summed E-state index contributed by atoms with van der Waals surface area (Å²) in [6.07, 6.45) is 12.1. The van der Waals surface area contributed by atoms with Crippen molar-refractivity contribution in [3.05, 3.63) is 36.5 Å². The summed E-state index contributed by atoms with van der Waals surface area (Å²) in [4.78, 5) is 14.6. The fraction of sp³-hybridized carbons (Fsp3) is 0.643. The number of methoxy groups -OCH3 is 1. The predicted octanol–water partition coefficient (Wildman–Crippen LogP) is 3.99. The highest BCUT2D eigenvalue weighted by molar-refractivity contribution is 7.89. The molecule has 2 atom stereocenters. The monoisotopic (exact) mass is 542 g/mol. The van der Waals surface area contributed by atoms with Gasteiger partial charge in [-0.2, -0.15) is 9.29 Å². The normalized spacial score (nSPS) is 24.4. The Morgan fingerprint density at radius 3 is 2.39 bits per heavy atom. The van der Waals surface area contributed by atoms with E-state index in [2.05, 4.69) is 20.1 Å². The summed E-state index contributed by atoms with van der Waals surface area (Å²) < 4.78 is 33.7. The first-order valence-electron chi connectivity index (χ1n) is 14.3. The summed E-state index contributed by atoms with van der Waals surface area (Å²) in [5.41, 5.74) is 0. The highest BCUT2D eigenvalue weighted by Gasteiger charge is 2.34. The Kier molecular flexibility index (Phi) is 9.01. The largest absolute Gasteiger partial charge is 0.497 e. The van der Waals surface area contributed by atoms with E-state index in [-0.39, 0.29) is 12.1 Å². The second-order valence-corrected chi connectivity index (χ2v) is 12.7. The molecule has 1 aromatic carbocycles. The number of aromatic nitrogens is 2. The van der Waals surface area contributed by atoms with Crippen molar-refractivity contribution in [1.29, 1.82) is 0 Å². The van der Waals surface area contributed by atoms with E-state index in [0.717, 1.165) is 64.1 Å². The molecular formula is C28H42N6O3S. The number of benzene rings is 1. The van der Waals surface area contributed by atoms with Gasteiger partial charge in [-0.05, 0) is 75.4 Å². The molecule has 0 amide bonds. The number of nitrogens with zero attached hydrogens (tertiary/aromatic N) is 5. The van der Waals surface area contributed by atoms with Gasteiger partial charge in [0, 0.05) is 51.0 Å². The molecule has 1 N–H and O–H groups in total. The standard InChI is InChI=1S/C28H42N6O3S/c1-37-25-11-13-26(14-12-25)38(35,36)34-20-8-10-24(22-34)33-19-7-4-9-23(21-33)30-28-29-16-15-27(31-28)32-17-5-2-3-6-18-32/h11-16,23-24H,2-10,17-22H2,1H3,(H,29,30,31). The molecule has 0 radical (unpaired) electrons. The van der Waals surface area contributed by atoms with Crippen molar-refractivity contribution in [3.63, 3.8) is 0 Å². The van der Waals surface area contributed by atoms with Crippen LogP contribution in [-0.2, 0) is 10.0 Å². The van der Waals surface area contributed by atoms with E-state index in [0.29, 0.717) is 29.7 Å². The van der Waals surface area contributed by atoms with Crippen molar-refractivity contribution in [2.45, 2.75) is 74.8 Å². The van der Waals surface area contributed by atoms with E-state index < -0.39 is 10.0 Å².